The Balaban J connectivity index is 1.47. The van der Waals surface area contributed by atoms with Crippen LogP contribution >= 0.6 is 0 Å². The summed E-state index contributed by atoms with van der Waals surface area (Å²) >= 11 is 0. The van der Waals surface area contributed by atoms with Crippen molar-refractivity contribution < 1.29 is 0 Å². The lowest BCUT2D eigenvalue weighted by Crippen LogP contribution is -2.22. The third kappa shape index (κ3) is 3.92. The Hall–Kier alpha value is -2.14. The second kappa shape index (κ2) is 6.54. The molecule has 0 saturated carbocycles. The van der Waals surface area contributed by atoms with E-state index in [9.17, 15) is 0 Å². The predicted molar refractivity (Wildman–Crippen MR) is 84.8 cm³/mol. The van der Waals surface area contributed by atoms with Crippen LogP contribution in [0.4, 0.5) is 11.6 Å². The lowest BCUT2D eigenvalue weighted by molar-refractivity contribution is 0.319. The third-order valence-corrected chi connectivity index (χ3v) is 3.86. The van der Waals surface area contributed by atoms with Crippen LogP contribution < -0.4 is 11.1 Å². The van der Waals surface area contributed by atoms with Gasteiger partial charge in [-0.2, -0.15) is 0 Å². The molecule has 0 aromatic carbocycles. The number of nitrogens with two attached hydrogens (primary N) is 1. The molecule has 0 bridgehead atoms. The number of nitrogen functional groups attached to an aromatic ring is 1. The quantitative estimate of drug-likeness (QED) is 0.878. The average molecular weight is 283 g/mol. The number of hydrogen-bond acceptors (Lipinski definition) is 5. The molecule has 1 fully saturated rings. The van der Waals surface area contributed by atoms with Gasteiger partial charge in [-0.3, -0.25) is 4.90 Å². The molecule has 2 aromatic rings. The van der Waals surface area contributed by atoms with Crippen molar-refractivity contribution in [3.8, 4) is 0 Å². The fourth-order valence-electron chi connectivity index (χ4n) is 2.79. The molecule has 1 aliphatic heterocycles. The fraction of sp³-hybridized carbons (Fsp3) is 0.375. The van der Waals surface area contributed by atoms with Crippen LogP contribution in [0.25, 0.3) is 0 Å². The van der Waals surface area contributed by atoms with Crippen LogP contribution in [0.15, 0.2) is 42.7 Å². The van der Waals surface area contributed by atoms with E-state index in [0.717, 1.165) is 32.0 Å². The van der Waals surface area contributed by atoms with Gasteiger partial charge in [-0.15, -0.1) is 0 Å². The molecule has 5 nitrogen and oxygen atoms in total. The van der Waals surface area contributed by atoms with Gasteiger partial charge in [0, 0.05) is 32.0 Å². The summed E-state index contributed by atoms with van der Waals surface area (Å²) in [5.41, 5.74) is 6.96. The Morgan fingerprint density at radius 3 is 3.00 bits per heavy atom. The van der Waals surface area contributed by atoms with Gasteiger partial charge in [-0.25, -0.2) is 9.97 Å². The summed E-state index contributed by atoms with van der Waals surface area (Å²) in [5.74, 6) is 2.23. The minimum Gasteiger partial charge on any atom is -0.384 e. The largest absolute Gasteiger partial charge is 0.384 e. The first kappa shape index (κ1) is 13.8. The molecule has 0 aliphatic carbocycles. The zero-order valence-corrected chi connectivity index (χ0v) is 12.1. The Bertz CT molecular complexity index is 572. The highest BCUT2D eigenvalue weighted by atomic mass is 15.1. The van der Waals surface area contributed by atoms with E-state index in [-0.39, 0.29) is 0 Å². The van der Waals surface area contributed by atoms with E-state index < -0.39 is 0 Å². The molecule has 5 heteroatoms. The number of hydrogen-bond donors (Lipinski definition) is 2. The summed E-state index contributed by atoms with van der Waals surface area (Å²) in [6, 6.07) is 9.94. The minimum absolute atomic E-state index is 0.597. The molecule has 0 amide bonds. The zero-order chi connectivity index (χ0) is 14.5. The van der Waals surface area contributed by atoms with Crippen molar-refractivity contribution in [1.82, 2.24) is 14.9 Å². The molecule has 2 aromatic heterocycles. The van der Waals surface area contributed by atoms with Crippen molar-refractivity contribution >= 4 is 11.6 Å². The molecule has 1 saturated heterocycles. The molecule has 3 heterocycles. The van der Waals surface area contributed by atoms with Gasteiger partial charge in [-0.1, -0.05) is 6.07 Å². The number of likely N-dealkylation sites (tertiary alicyclic amines) is 1. The number of nitrogens with one attached hydrogen (secondary N) is 1. The smallest absolute Gasteiger partial charge is 0.125 e. The number of anilines is 2. The van der Waals surface area contributed by atoms with Gasteiger partial charge >= 0.3 is 0 Å². The lowest BCUT2D eigenvalue weighted by atomic mass is 10.1. The molecule has 0 unspecified atom stereocenters. The van der Waals surface area contributed by atoms with Crippen molar-refractivity contribution in [2.45, 2.75) is 13.0 Å². The second-order valence-electron chi connectivity index (χ2n) is 5.57. The summed E-state index contributed by atoms with van der Waals surface area (Å²) in [6.45, 7) is 4.18. The summed E-state index contributed by atoms with van der Waals surface area (Å²) in [4.78, 5) is 10.8. The molecular formula is C16H21N5. The van der Waals surface area contributed by atoms with E-state index in [0.29, 0.717) is 11.7 Å². The Morgan fingerprint density at radius 1 is 1.24 bits per heavy atom. The molecule has 1 atom stereocenters. The summed E-state index contributed by atoms with van der Waals surface area (Å²) in [5, 5.41) is 3.41. The van der Waals surface area contributed by atoms with Crippen molar-refractivity contribution in [1.29, 1.82) is 0 Å². The highest BCUT2D eigenvalue weighted by molar-refractivity contribution is 5.33. The van der Waals surface area contributed by atoms with E-state index in [4.69, 9.17) is 5.73 Å². The van der Waals surface area contributed by atoms with Gasteiger partial charge in [0.25, 0.3) is 0 Å². The first-order chi connectivity index (χ1) is 10.3. The number of rotatable bonds is 5. The van der Waals surface area contributed by atoms with Gasteiger partial charge in [0.05, 0.1) is 0 Å². The SMILES string of the molecule is Nc1cc(CN2CC[C@@H](CNc3ccccn3)C2)ccn1. The Labute approximate surface area is 125 Å². The highest BCUT2D eigenvalue weighted by Gasteiger charge is 2.22. The third-order valence-electron chi connectivity index (χ3n) is 3.86. The molecule has 0 spiro atoms. The maximum atomic E-state index is 5.73. The van der Waals surface area contributed by atoms with Gasteiger partial charge in [0.1, 0.15) is 11.6 Å². The van der Waals surface area contributed by atoms with Crippen LogP contribution in [0, 0.1) is 5.92 Å². The second-order valence-corrected chi connectivity index (χ2v) is 5.57. The number of aromatic nitrogens is 2. The van der Waals surface area contributed by atoms with E-state index in [1.807, 2.05) is 36.5 Å². The molecule has 1 aliphatic rings. The molecule has 3 N–H and O–H groups in total. The summed E-state index contributed by atoms with van der Waals surface area (Å²) < 4.78 is 0. The zero-order valence-electron chi connectivity index (χ0n) is 12.1. The van der Waals surface area contributed by atoms with Crippen LogP contribution in [0.5, 0.6) is 0 Å². The van der Waals surface area contributed by atoms with Crippen LogP contribution in [-0.4, -0.2) is 34.5 Å². The van der Waals surface area contributed by atoms with E-state index in [1.165, 1.54) is 12.0 Å². The maximum absolute atomic E-state index is 5.73. The van der Waals surface area contributed by atoms with Crippen LogP contribution in [0.2, 0.25) is 0 Å². The van der Waals surface area contributed by atoms with Crippen molar-refractivity contribution in [2.75, 3.05) is 30.7 Å². The van der Waals surface area contributed by atoms with Crippen LogP contribution in [0.3, 0.4) is 0 Å². The van der Waals surface area contributed by atoms with Crippen molar-refractivity contribution in [2.24, 2.45) is 5.92 Å². The van der Waals surface area contributed by atoms with Gasteiger partial charge < -0.3 is 11.1 Å². The fourth-order valence-corrected chi connectivity index (χ4v) is 2.79. The summed E-state index contributed by atoms with van der Waals surface area (Å²) in [6.07, 6.45) is 4.82. The molecule has 110 valence electrons. The lowest BCUT2D eigenvalue weighted by Gasteiger charge is -2.16. The average Bonchev–Trinajstić information content (AvgIpc) is 2.94. The molecular weight excluding hydrogens is 262 g/mol. The first-order valence-electron chi connectivity index (χ1n) is 7.37. The van der Waals surface area contributed by atoms with Gasteiger partial charge in [0.15, 0.2) is 0 Å². The summed E-state index contributed by atoms with van der Waals surface area (Å²) in [7, 11) is 0. The first-order valence-corrected chi connectivity index (χ1v) is 7.37. The van der Waals surface area contributed by atoms with Gasteiger partial charge in [0.2, 0.25) is 0 Å². The Kier molecular flexibility index (Phi) is 4.31. The van der Waals surface area contributed by atoms with E-state index in [2.05, 4.69) is 20.2 Å². The van der Waals surface area contributed by atoms with Crippen LogP contribution in [-0.2, 0) is 6.54 Å². The molecule has 21 heavy (non-hydrogen) atoms. The van der Waals surface area contributed by atoms with E-state index in [1.54, 1.807) is 6.20 Å². The maximum Gasteiger partial charge on any atom is 0.125 e. The number of pyridine rings is 2. The predicted octanol–water partition coefficient (Wildman–Crippen LogP) is 1.99. The topological polar surface area (TPSA) is 67.1 Å². The van der Waals surface area contributed by atoms with Crippen molar-refractivity contribution in [3.05, 3.63) is 48.3 Å². The van der Waals surface area contributed by atoms with Crippen molar-refractivity contribution in [3.63, 3.8) is 0 Å². The van der Waals surface area contributed by atoms with Crippen LogP contribution in [0.1, 0.15) is 12.0 Å². The Morgan fingerprint density at radius 2 is 2.19 bits per heavy atom. The number of nitrogens with zero attached hydrogens (tertiary/aromatic N) is 3. The van der Waals surface area contributed by atoms with Gasteiger partial charge in [-0.05, 0) is 48.7 Å². The standard InChI is InChI=1S/C16H21N5/c17-15-9-13(4-7-18-15)11-21-8-5-14(12-21)10-20-16-3-1-2-6-19-16/h1-4,6-7,9,14H,5,8,10-12H2,(H2,17,18)(H,19,20)/t14-/m0/s1. The minimum atomic E-state index is 0.597. The monoisotopic (exact) mass is 283 g/mol. The van der Waals surface area contributed by atoms with E-state index >= 15 is 0 Å². The normalized spacial score (nSPS) is 18.8. The molecule has 0 radical (unpaired) electrons. The molecule has 3 rings (SSSR count). The highest BCUT2D eigenvalue weighted by Crippen LogP contribution is 2.19.